The van der Waals surface area contributed by atoms with Gasteiger partial charge in [0.25, 0.3) is 0 Å². The molecule has 20 heavy (non-hydrogen) atoms. The average molecular weight is 280 g/mol. The van der Waals surface area contributed by atoms with Crippen molar-refractivity contribution in [2.24, 2.45) is 0 Å². The van der Waals surface area contributed by atoms with Crippen molar-refractivity contribution in [2.75, 3.05) is 20.3 Å². The number of rotatable bonds is 4. The summed E-state index contributed by atoms with van der Waals surface area (Å²) >= 11 is 0. The molecule has 0 radical (unpaired) electrons. The van der Waals surface area contributed by atoms with Crippen LogP contribution in [0.1, 0.15) is 10.4 Å². The lowest BCUT2D eigenvalue weighted by Gasteiger charge is -2.41. The lowest BCUT2D eigenvalue weighted by atomic mass is 9.91. The third-order valence-corrected chi connectivity index (χ3v) is 3.63. The van der Waals surface area contributed by atoms with Crippen molar-refractivity contribution in [3.8, 4) is 0 Å². The van der Waals surface area contributed by atoms with Crippen LogP contribution in [0.3, 0.4) is 0 Å². The van der Waals surface area contributed by atoms with Crippen molar-refractivity contribution < 1.29 is 28.8 Å². The summed E-state index contributed by atoms with van der Waals surface area (Å²) in [6.45, 7) is 0.180. The number of carbonyl (C=O) groups is 1. The van der Waals surface area contributed by atoms with E-state index < -0.39 is 30.1 Å². The van der Waals surface area contributed by atoms with Crippen molar-refractivity contribution in [2.45, 2.75) is 24.1 Å². The van der Waals surface area contributed by atoms with E-state index in [9.17, 15) is 9.90 Å². The van der Waals surface area contributed by atoms with Crippen LogP contribution in [0.2, 0.25) is 0 Å². The first-order valence-corrected chi connectivity index (χ1v) is 6.39. The van der Waals surface area contributed by atoms with Crippen molar-refractivity contribution in [3.63, 3.8) is 0 Å². The van der Waals surface area contributed by atoms with Crippen LogP contribution in [0.5, 0.6) is 0 Å². The van der Waals surface area contributed by atoms with Gasteiger partial charge in [-0.2, -0.15) is 0 Å². The van der Waals surface area contributed by atoms with Gasteiger partial charge in [0.1, 0.15) is 18.8 Å². The Balaban J connectivity index is 1.59. The highest BCUT2D eigenvalue weighted by Crippen LogP contribution is 2.41. The molecule has 1 N–H and O–H groups in total. The number of hydrogen-bond acceptors (Lipinski definition) is 6. The molecule has 0 aromatic heterocycles. The number of fused-ring (bicyclic) bond motifs is 1. The van der Waals surface area contributed by atoms with Crippen LogP contribution in [0, 0.1) is 0 Å². The highest BCUT2D eigenvalue weighted by Gasteiger charge is 2.64. The Morgan fingerprint density at radius 1 is 1.45 bits per heavy atom. The first-order chi connectivity index (χ1) is 9.65. The van der Waals surface area contributed by atoms with Crippen LogP contribution < -0.4 is 0 Å². The van der Waals surface area contributed by atoms with E-state index >= 15 is 0 Å². The van der Waals surface area contributed by atoms with E-state index in [2.05, 4.69) is 0 Å². The number of benzene rings is 1. The van der Waals surface area contributed by atoms with Gasteiger partial charge in [0.05, 0.1) is 12.2 Å². The van der Waals surface area contributed by atoms with E-state index in [1.54, 1.807) is 24.3 Å². The first-order valence-electron chi connectivity index (χ1n) is 6.39. The molecule has 6 nitrogen and oxygen atoms in total. The molecule has 2 fully saturated rings. The minimum Gasteiger partial charge on any atom is -0.459 e. The molecule has 1 aromatic rings. The van der Waals surface area contributed by atoms with Gasteiger partial charge in [0.15, 0.2) is 11.9 Å². The van der Waals surface area contributed by atoms with Crippen LogP contribution in [-0.2, 0) is 18.9 Å². The highest BCUT2D eigenvalue weighted by atomic mass is 16.7. The third-order valence-electron chi connectivity index (χ3n) is 3.63. The van der Waals surface area contributed by atoms with Crippen molar-refractivity contribution in [3.05, 3.63) is 35.9 Å². The molecule has 3 rings (SSSR count). The van der Waals surface area contributed by atoms with Crippen LogP contribution in [-0.4, -0.2) is 55.5 Å². The average Bonchev–Trinajstić information content (AvgIpc) is 2.66. The largest absolute Gasteiger partial charge is 0.459 e. The predicted molar refractivity (Wildman–Crippen MR) is 67.1 cm³/mol. The van der Waals surface area contributed by atoms with Gasteiger partial charge >= 0.3 is 5.97 Å². The van der Waals surface area contributed by atoms with E-state index in [0.717, 1.165) is 0 Å². The minimum atomic E-state index is -1.14. The molecule has 4 atom stereocenters. The van der Waals surface area contributed by atoms with Gasteiger partial charge in [0, 0.05) is 7.11 Å². The fraction of sp³-hybridized carbons (Fsp3) is 0.500. The standard InChI is InChI=1S/C14H16O6/c1-17-13-14(16)8-19-11(14)10(20-13)7-18-12(15)9-5-3-2-4-6-9/h2-6,10-11,13,16H,7-8H2,1H3/t10-,11-,13-,14-/m1/s1. The van der Waals surface area contributed by atoms with Gasteiger partial charge in [-0.1, -0.05) is 18.2 Å². The number of esters is 1. The van der Waals surface area contributed by atoms with Crippen molar-refractivity contribution in [1.82, 2.24) is 0 Å². The Kier molecular flexibility index (Phi) is 3.47. The number of methoxy groups -OCH3 is 1. The Bertz CT molecular complexity index is 490. The van der Waals surface area contributed by atoms with Gasteiger partial charge in [-0.25, -0.2) is 4.79 Å². The summed E-state index contributed by atoms with van der Waals surface area (Å²) in [5.74, 6) is -0.432. The number of hydrogen-bond donors (Lipinski definition) is 1. The normalized spacial score (nSPS) is 35.2. The molecular weight excluding hydrogens is 264 g/mol. The quantitative estimate of drug-likeness (QED) is 0.802. The Morgan fingerprint density at radius 2 is 2.20 bits per heavy atom. The van der Waals surface area contributed by atoms with E-state index in [-0.39, 0.29) is 13.2 Å². The number of ether oxygens (including phenoxy) is 4. The molecule has 2 saturated heterocycles. The Morgan fingerprint density at radius 3 is 2.75 bits per heavy atom. The molecule has 108 valence electrons. The van der Waals surface area contributed by atoms with E-state index in [4.69, 9.17) is 18.9 Å². The lowest BCUT2D eigenvalue weighted by molar-refractivity contribution is -0.269. The van der Waals surface area contributed by atoms with Gasteiger partial charge in [-0.15, -0.1) is 0 Å². The lowest BCUT2D eigenvalue weighted by Crippen LogP contribution is -2.63. The highest BCUT2D eigenvalue weighted by molar-refractivity contribution is 5.89. The van der Waals surface area contributed by atoms with E-state index in [0.29, 0.717) is 5.56 Å². The third kappa shape index (κ3) is 2.10. The summed E-state index contributed by atoms with van der Waals surface area (Å²) in [6.07, 6.45) is -1.79. The molecule has 2 aliphatic heterocycles. The summed E-state index contributed by atoms with van der Waals surface area (Å²) in [7, 11) is 1.45. The summed E-state index contributed by atoms with van der Waals surface area (Å²) in [5, 5.41) is 10.2. The maximum absolute atomic E-state index is 11.8. The summed E-state index contributed by atoms with van der Waals surface area (Å²) in [4.78, 5) is 11.8. The minimum absolute atomic E-state index is 0.0144. The molecule has 0 amide bonds. The summed E-state index contributed by atoms with van der Waals surface area (Å²) < 4.78 is 21.1. The number of carbonyl (C=O) groups excluding carboxylic acids is 1. The second-order valence-corrected chi connectivity index (χ2v) is 4.93. The van der Waals surface area contributed by atoms with Gasteiger partial charge < -0.3 is 24.1 Å². The molecule has 2 aliphatic rings. The van der Waals surface area contributed by atoms with Crippen LogP contribution in [0.25, 0.3) is 0 Å². The van der Waals surface area contributed by atoms with Gasteiger partial charge in [0.2, 0.25) is 0 Å². The topological polar surface area (TPSA) is 74.2 Å². The first kappa shape index (κ1) is 13.5. The van der Waals surface area contributed by atoms with Crippen molar-refractivity contribution in [1.29, 1.82) is 0 Å². The monoisotopic (exact) mass is 280 g/mol. The zero-order chi connectivity index (χ0) is 14.2. The molecule has 0 spiro atoms. The molecule has 6 heteroatoms. The maximum atomic E-state index is 11.8. The molecule has 0 unspecified atom stereocenters. The predicted octanol–water partition coefficient (Wildman–Crippen LogP) is 0.345. The van der Waals surface area contributed by atoms with Crippen molar-refractivity contribution >= 4 is 5.97 Å². The molecule has 2 heterocycles. The SMILES string of the molecule is CO[C@@H]1O[C@H](COC(=O)c2ccccc2)[C@H]2OC[C@]12O. The molecule has 1 aromatic carbocycles. The van der Waals surface area contributed by atoms with Gasteiger partial charge in [-0.05, 0) is 12.1 Å². The Labute approximate surface area is 116 Å². The Hall–Kier alpha value is -1.47. The molecule has 0 saturated carbocycles. The summed E-state index contributed by atoms with van der Waals surface area (Å²) in [6, 6.07) is 8.69. The fourth-order valence-electron chi connectivity index (χ4n) is 2.53. The van der Waals surface area contributed by atoms with E-state index in [1.807, 2.05) is 6.07 Å². The second-order valence-electron chi connectivity index (χ2n) is 4.93. The van der Waals surface area contributed by atoms with Crippen LogP contribution in [0.15, 0.2) is 30.3 Å². The summed E-state index contributed by atoms with van der Waals surface area (Å²) in [5.41, 5.74) is -0.669. The van der Waals surface area contributed by atoms with E-state index in [1.165, 1.54) is 7.11 Å². The molecule has 0 bridgehead atoms. The zero-order valence-electron chi connectivity index (χ0n) is 11.0. The zero-order valence-corrected chi connectivity index (χ0v) is 11.0. The van der Waals surface area contributed by atoms with Crippen LogP contribution in [0.4, 0.5) is 0 Å². The second kappa shape index (κ2) is 5.14. The smallest absolute Gasteiger partial charge is 0.338 e. The molecule has 0 aliphatic carbocycles. The fourth-order valence-corrected chi connectivity index (χ4v) is 2.53. The molecular formula is C14H16O6. The van der Waals surface area contributed by atoms with Gasteiger partial charge in [-0.3, -0.25) is 0 Å². The maximum Gasteiger partial charge on any atom is 0.338 e. The number of aliphatic hydroxyl groups is 1. The van der Waals surface area contributed by atoms with Crippen LogP contribution >= 0.6 is 0 Å².